The highest BCUT2D eigenvalue weighted by Crippen LogP contribution is 2.49. The van der Waals surface area contributed by atoms with E-state index in [0.717, 1.165) is 22.9 Å². The fraction of sp³-hybridized carbons (Fsp3) is 0.587. The smallest absolute Gasteiger partial charge is 0.419 e. The Kier molecular flexibility index (Phi) is 12.8. The second kappa shape index (κ2) is 17.2. The molecule has 0 spiro atoms. The van der Waals surface area contributed by atoms with Crippen LogP contribution in [0.5, 0.6) is 5.75 Å². The van der Waals surface area contributed by atoms with E-state index in [1.807, 2.05) is 38.3 Å². The van der Waals surface area contributed by atoms with E-state index in [2.05, 4.69) is 29.2 Å². The minimum absolute atomic E-state index is 0.0526. The Bertz CT molecular complexity index is 2520. The van der Waals surface area contributed by atoms with Crippen LogP contribution >= 0.6 is 11.3 Å². The molecule has 7 rings (SSSR count). The second-order valence-electron chi connectivity index (χ2n) is 19.6. The van der Waals surface area contributed by atoms with Crippen LogP contribution in [0.15, 0.2) is 40.7 Å². The van der Waals surface area contributed by atoms with Gasteiger partial charge < -0.3 is 25.0 Å². The second-order valence-corrected chi connectivity index (χ2v) is 22.6. The van der Waals surface area contributed by atoms with Crippen LogP contribution in [0, 0.1) is 30.0 Å². The Morgan fingerprint density at radius 1 is 1.09 bits per heavy atom. The van der Waals surface area contributed by atoms with E-state index in [9.17, 15) is 35.6 Å². The van der Waals surface area contributed by atoms with Crippen molar-refractivity contribution in [2.24, 2.45) is 22.2 Å². The number of carbonyl (C=O) groups is 3. The topological polar surface area (TPSA) is 168 Å². The van der Waals surface area contributed by atoms with Crippen LogP contribution in [0.2, 0.25) is 0 Å². The highest BCUT2D eigenvalue weighted by atomic mass is 32.2. The molecule has 0 radical (unpaired) electrons. The fourth-order valence-corrected chi connectivity index (χ4v) is 11.2. The summed E-state index contributed by atoms with van der Waals surface area (Å²) in [4.78, 5) is 55.1. The Hall–Kier alpha value is -4.62. The third-order valence-corrected chi connectivity index (χ3v) is 16.5. The van der Waals surface area contributed by atoms with Crippen LogP contribution in [0.4, 0.5) is 28.9 Å². The minimum atomic E-state index is -5.01. The number of anilines is 1. The van der Waals surface area contributed by atoms with Gasteiger partial charge in [0, 0.05) is 41.1 Å². The number of sulfonamides is 1. The van der Waals surface area contributed by atoms with E-state index < -0.39 is 91.2 Å². The van der Waals surface area contributed by atoms with Crippen molar-refractivity contribution >= 4 is 56.2 Å². The van der Waals surface area contributed by atoms with Crippen LogP contribution in [-0.4, -0.2) is 83.9 Å². The van der Waals surface area contributed by atoms with E-state index in [-0.39, 0.29) is 36.9 Å². The first kappa shape index (κ1) is 48.3. The monoisotopic (exact) mass is 946 g/mol. The van der Waals surface area contributed by atoms with Crippen molar-refractivity contribution in [3.8, 4) is 5.75 Å². The molecule has 3 fully saturated rings. The molecule has 7 atom stereocenters. The first-order valence-corrected chi connectivity index (χ1v) is 24.3. The van der Waals surface area contributed by atoms with Gasteiger partial charge >= 0.3 is 6.18 Å². The summed E-state index contributed by atoms with van der Waals surface area (Å²) in [6.07, 6.45) is -5.13. The van der Waals surface area contributed by atoms with Crippen LogP contribution in [0.25, 0.3) is 0 Å². The first-order valence-electron chi connectivity index (χ1n) is 21.9. The molecule has 4 aliphatic rings. The van der Waals surface area contributed by atoms with Crippen LogP contribution in [0.1, 0.15) is 127 Å². The normalized spacial score (nSPS) is 25.4. The molecule has 2 unspecified atom stereocenters. The van der Waals surface area contributed by atoms with Gasteiger partial charge in [-0.05, 0) is 74.6 Å². The number of methoxy groups -OCH3 is 1. The Morgan fingerprint density at radius 3 is 2.35 bits per heavy atom. The number of thiazole rings is 1. The molecule has 1 saturated heterocycles. The van der Waals surface area contributed by atoms with Gasteiger partial charge in [-0.2, -0.15) is 13.2 Å². The average Bonchev–Trinajstić information content (AvgIpc) is 4.01. The highest BCUT2D eigenvalue weighted by molar-refractivity contribution is 7.91. The van der Waals surface area contributed by atoms with Crippen molar-refractivity contribution in [2.45, 2.75) is 141 Å². The maximum atomic E-state index is 15.0. The number of nitrogens with zero attached hydrogens (tertiary/aromatic N) is 3. The number of hydrogen-bond acceptors (Lipinski definition) is 11. The molecule has 1 aromatic heterocycles. The Labute approximate surface area is 381 Å². The van der Waals surface area contributed by atoms with Gasteiger partial charge in [-0.1, -0.05) is 61.0 Å². The maximum absolute atomic E-state index is 15.0. The average molecular weight is 947 g/mol. The van der Waals surface area contributed by atoms with Crippen molar-refractivity contribution in [3.63, 3.8) is 0 Å². The lowest BCUT2D eigenvalue weighted by atomic mass is 9.85. The van der Waals surface area contributed by atoms with Crippen LogP contribution < -0.4 is 20.1 Å². The lowest BCUT2D eigenvalue weighted by Gasteiger charge is -2.36. The van der Waals surface area contributed by atoms with Gasteiger partial charge in [-0.15, -0.1) is 11.3 Å². The number of hydrogen-bond donors (Lipinski definition) is 3. The van der Waals surface area contributed by atoms with Crippen LogP contribution in [-0.2, 0) is 35.3 Å². The summed E-state index contributed by atoms with van der Waals surface area (Å²) in [5.74, 6) is -3.68. The van der Waals surface area contributed by atoms with Gasteiger partial charge in [0.15, 0.2) is 0 Å². The molecule has 354 valence electrons. The predicted octanol–water partition coefficient (Wildman–Crippen LogP) is 8.35. The zero-order valence-electron chi connectivity index (χ0n) is 38.3. The lowest BCUT2D eigenvalue weighted by Crippen LogP contribution is -2.59. The van der Waals surface area contributed by atoms with Crippen molar-refractivity contribution in [1.29, 1.82) is 0 Å². The zero-order valence-corrected chi connectivity index (χ0v) is 39.9. The fourth-order valence-electron chi connectivity index (χ4n) is 8.84. The predicted molar refractivity (Wildman–Crippen MR) is 239 cm³/mol. The number of fused-ring (bicyclic) bond motifs is 1. The third kappa shape index (κ3) is 9.25. The van der Waals surface area contributed by atoms with Gasteiger partial charge in [0.05, 0.1) is 46.7 Å². The van der Waals surface area contributed by atoms with Crippen molar-refractivity contribution in [3.05, 3.63) is 68.9 Å². The minimum Gasteiger partial charge on any atom is -0.496 e. The zero-order chi connectivity index (χ0) is 47.8. The molecule has 2 aromatic carbocycles. The van der Waals surface area contributed by atoms with Gasteiger partial charge in [0.25, 0.3) is 5.91 Å². The SMILES string of the molecule is CC[C@@H]1C[C@]1(NC(=O)[C@@H]1C[C@@H](OC2c3ccc(OC)c(C)c3N=C(c3nc(C(C)C)cs3)C2C)CN1C(=O)[C@@H](Nc1ccc(F)c(C(F)(F)F)c1)C(C)(C)C)C(=O)NS(=O)(=O)C1(C)CC1. The number of ether oxygens (including phenoxy) is 2. The Morgan fingerprint density at radius 2 is 1.78 bits per heavy atom. The van der Waals surface area contributed by atoms with Crippen LogP contribution in [0.3, 0.4) is 0 Å². The number of halogens is 4. The largest absolute Gasteiger partial charge is 0.496 e. The quantitative estimate of drug-likeness (QED) is 0.135. The molecule has 0 bridgehead atoms. The summed E-state index contributed by atoms with van der Waals surface area (Å²) < 4.78 is 96.1. The van der Waals surface area contributed by atoms with E-state index in [1.165, 1.54) is 16.2 Å². The van der Waals surface area contributed by atoms with E-state index in [0.29, 0.717) is 53.6 Å². The number of likely N-dealkylation sites (tertiary alicyclic amines) is 1. The molecule has 2 aliphatic carbocycles. The van der Waals surface area contributed by atoms with Crippen molar-refractivity contribution < 1.29 is 49.8 Å². The van der Waals surface area contributed by atoms with Crippen molar-refractivity contribution in [2.75, 3.05) is 19.0 Å². The summed E-state index contributed by atoms with van der Waals surface area (Å²) in [5, 5.41) is 8.48. The third-order valence-electron chi connectivity index (χ3n) is 13.5. The van der Waals surface area contributed by atoms with E-state index in [1.54, 1.807) is 34.8 Å². The molecule has 13 nitrogen and oxygen atoms in total. The molecular weight excluding hydrogens is 889 g/mol. The molecule has 3 aromatic rings. The summed E-state index contributed by atoms with van der Waals surface area (Å²) in [5.41, 5.74) is -0.469. The Balaban J connectivity index is 1.25. The first-order chi connectivity index (χ1) is 30.2. The van der Waals surface area contributed by atoms with Gasteiger partial charge in [-0.3, -0.25) is 19.1 Å². The molecule has 2 saturated carbocycles. The molecule has 3 N–H and O–H groups in total. The highest BCUT2D eigenvalue weighted by Gasteiger charge is 2.63. The number of nitrogens with one attached hydrogen (secondary N) is 3. The van der Waals surface area contributed by atoms with Gasteiger partial charge in [0.2, 0.25) is 21.8 Å². The summed E-state index contributed by atoms with van der Waals surface area (Å²) in [6, 6.07) is 3.56. The standard InChI is InChI=1S/C46H58F4N6O7S2/c1-11-26-20-45(26,42(59)55-65(60,61)44(9)16-17-44)54-39(57)33-19-28(21-56(33)41(58)38(43(6,7)8)51-27-12-14-31(47)30(18-27)46(48,49)50)63-37-25(5)36(40-52-32(22-64-40)23(2)3)53-35-24(4)34(62-10)15-13-29(35)37/h12-15,18,22-23,25-26,28,33,37-38,51H,11,16-17,19-21H2,1-10H3,(H,54,57)(H,55,59)/t25?,26-,28-,33+,37?,38-,45-/m1/s1. The molecule has 3 amide bonds. The van der Waals surface area contributed by atoms with E-state index in [4.69, 9.17) is 19.5 Å². The number of amides is 3. The molecule has 2 aliphatic heterocycles. The van der Waals surface area contributed by atoms with Gasteiger partial charge in [0.1, 0.15) is 34.2 Å². The van der Waals surface area contributed by atoms with E-state index >= 15 is 4.79 Å². The molecule has 65 heavy (non-hydrogen) atoms. The maximum Gasteiger partial charge on any atom is 0.419 e. The lowest BCUT2D eigenvalue weighted by molar-refractivity contribution is -0.141. The molecular formula is C46H58F4N6O7S2. The number of benzene rings is 2. The van der Waals surface area contributed by atoms with Gasteiger partial charge in [-0.25, -0.2) is 22.8 Å². The summed E-state index contributed by atoms with van der Waals surface area (Å²) >= 11 is 1.47. The number of alkyl halides is 3. The number of carbonyl (C=O) groups excluding carboxylic acids is 3. The molecule has 19 heteroatoms. The molecule has 3 heterocycles. The summed E-state index contributed by atoms with van der Waals surface area (Å²) in [6.45, 7) is 16.3. The number of aliphatic imine (C=N–C) groups is 1. The summed E-state index contributed by atoms with van der Waals surface area (Å²) in [7, 11) is -2.49. The van der Waals surface area contributed by atoms with Crippen molar-refractivity contribution in [1.82, 2.24) is 19.9 Å². The number of aromatic nitrogens is 1. The number of rotatable bonds is 14.